The Morgan fingerprint density at radius 3 is 2.93 bits per heavy atom. The molecule has 2 heterocycles. The minimum absolute atomic E-state index is 0.0448. The van der Waals surface area contributed by atoms with Crippen LogP contribution in [0.3, 0.4) is 0 Å². The number of rotatable bonds is 2. The number of hydrogen-bond donors (Lipinski definition) is 1. The first kappa shape index (κ1) is 9.14. The highest BCUT2D eigenvalue weighted by atomic mass is 32.1. The molecule has 1 atom stereocenters. The van der Waals surface area contributed by atoms with Crippen LogP contribution in [0.2, 0.25) is 0 Å². The summed E-state index contributed by atoms with van der Waals surface area (Å²) in [6.07, 6.45) is 1.88. The van der Waals surface area contributed by atoms with Gasteiger partial charge in [0.1, 0.15) is 6.04 Å². The molecule has 0 radical (unpaired) electrons. The van der Waals surface area contributed by atoms with Crippen LogP contribution in [-0.4, -0.2) is 20.0 Å². The molecule has 1 N–H and O–H groups in total. The highest BCUT2D eigenvalue weighted by molar-refractivity contribution is 7.71. The molecule has 0 unspecified atom stereocenters. The van der Waals surface area contributed by atoms with Crippen molar-refractivity contribution in [1.29, 1.82) is 0 Å². The summed E-state index contributed by atoms with van der Waals surface area (Å²) in [7, 11) is 0. The van der Waals surface area contributed by atoms with E-state index in [0.29, 0.717) is 5.89 Å². The molecule has 14 heavy (non-hydrogen) atoms. The molecule has 5 nitrogen and oxygen atoms in total. The highest BCUT2D eigenvalue weighted by Gasteiger charge is 2.13. The molecule has 2 aromatic rings. The van der Waals surface area contributed by atoms with Crippen LogP contribution in [0.1, 0.15) is 24.6 Å². The molecule has 0 saturated carbocycles. The summed E-state index contributed by atoms with van der Waals surface area (Å²) >= 11 is 4.79. The van der Waals surface area contributed by atoms with E-state index in [-0.39, 0.29) is 10.9 Å². The standard InChI is InChI=1S/C8H10N4OS/c1-5-3-4-12(11-5)6(2)7-9-10-8(14)13-7/h3-4,6H,1-2H3,(H,10,14)/t6-/m1/s1. The first-order chi connectivity index (χ1) is 6.66. The fourth-order valence-electron chi connectivity index (χ4n) is 1.18. The van der Waals surface area contributed by atoms with Crippen molar-refractivity contribution >= 4 is 12.2 Å². The number of aromatic nitrogens is 4. The van der Waals surface area contributed by atoms with Crippen molar-refractivity contribution < 1.29 is 4.42 Å². The van der Waals surface area contributed by atoms with Gasteiger partial charge in [-0.25, -0.2) is 5.10 Å². The Balaban J connectivity index is 2.32. The van der Waals surface area contributed by atoms with Crippen LogP contribution >= 0.6 is 12.2 Å². The maximum absolute atomic E-state index is 5.20. The van der Waals surface area contributed by atoms with E-state index < -0.39 is 0 Å². The average molecular weight is 210 g/mol. The molecule has 74 valence electrons. The number of nitrogens with one attached hydrogen (secondary N) is 1. The van der Waals surface area contributed by atoms with Gasteiger partial charge in [0.25, 0.3) is 4.84 Å². The minimum Gasteiger partial charge on any atom is -0.412 e. The van der Waals surface area contributed by atoms with Gasteiger partial charge in [-0.1, -0.05) is 0 Å². The third-order valence-corrected chi connectivity index (χ3v) is 2.13. The van der Waals surface area contributed by atoms with Gasteiger partial charge in [-0.15, -0.1) is 5.10 Å². The minimum atomic E-state index is -0.0448. The molecular formula is C8H10N4OS. The number of H-pyrrole nitrogens is 1. The Kier molecular flexibility index (Phi) is 2.20. The molecular weight excluding hydrogens is 200 g/mol. The third kappa shape index (κ3) is 1.60. The second-order valence-electron chi connectivity index (χ2n) is 3.06. The van der Waals surface area contributed by atoms with E-state index in [1.807, 2.05) is 26.1 Å². The topological polar surface area (TPSA) is 59.6 Å². The van der Waals surface area contributed by atoms with Gasteiger partial charge >= 0.3 is 0 Å². The van der Waals surface area contributed by atoms with E-state index >= 15 is 0 Å². The lowest BCUT2D eigenvalue weighted by Crippen LogP contribution is -2.07. The van der Waals surface area contributed by atoms with E-state index in [4.69, 9.17) is 16.6 Å². The lowest BCUT2D eigenvalue weighted by molar-refractivity contribution is 0.403. The molecule has 0 spiro atoms. The second kappa shape index (κ2) is 3.38. The predicted molar refractivity (Wildman–Crippen MR) is 52.5 cm³/mol. The monoisotopic (exact) mass is 210 g/mol. The van der Waals surface area contributed by atoms with Gasteiger partial charge < -0.3 is 4.42 Å². The predicted octanol–water partition coefficient (Wildman–Crippen LogP) is 1.85. The number of aryl methyl sites for hydroxylation is 1. The van der Waals surface area contributed by atoms with Crippen molar-refractivity contribution in [3.05, 3.63) is 28.7 Å². The first-order valence-electron chi connectivity index (χ1n) is 4.24. The van der Waals surface area contributed by atoms with Crippen molar-refractivity contribution in [2.24, 2.45) is 0 Å². The lowest BCUT2D eigenvalue weighted by Gasteiger charge is -2.05. The first-order valence-corrected chi connectivity index (χ1v) is 4.65. The maximum Gasteiger partial charge on any atom is 0.284 e. The van der Waals surface area contributed by atoms with Crippen LogP contribution in [0.4, 0.5) is 0 Å². The quantitative estimate of drug-likeness (QED) is 0.768. The molecule has 0 aliphatic heterocycles. The van der Waals surface area contributed by atoms with Crippen LogP contribution in [0.15, 0.2) is 16.7 Å². The summed E-state index contributed by atoms with van der Waals surface area (Å²) in [4.78, 5) is 0.288. The van der Waals surface area contributed by atoms with Crippen LogP contribution in [-0.2, 0) is 0 Å². The molecule has 0 aliphatic rings. The summed E-state index contributed by atoms with van der Waals surface area (Å²) < 4.78 is 6.98. The second-order valence-corrected chi connectivity index (χ2v) is 3.44. The number of aromatic amines is 1. The van der Waals surface area contributed by atoms with Gasteiger partial charge in [0, 0.05) is 6.20 Å². The molecule has 0 amide bonds. The van der Waals surface area contributed by atoms with E-state index in [1.54, 1.807) is 4.68 Å². The summed E-state index contributed by atoms with van der Waals surface area (Å²) in [6, 6.07) is 1.88. The average Bonchev–Trinajstić information content (AvgIpc) is 2.73. The lowest BCUT2D eigenvalue weighted by atomic mass is 10.3. The highest BCUT2D eigenvalue weighted by Crippen LogP contribution is 2.14. The summed E-state index contributed by atoms with van der Waals surface area (Å²) in [5.41, 5.74) is 0.964. The van der Waals surface area contributed by atoms with Gasteiger partial charge in [-0.2, -0.15) is 5.10 Å². The largest absolute Gasteiger partial charge is 0.412 e. The van der Waals surface area contributed by atoms with Crippen LogP contribution < -0.4 is 0 Å². The van der Waals surface area contributed by atoms with Crippen LogP contribution in [0.5, 0.6) is 0 Å². The number of nitrogens with zero attached hydrogens (tertiary/aromatic N) is 3. The summed E-state index contributed by atoms with van der Waals surface area (Å²) in [6.45, 7) is 3.88. The zero-order valence-electron chi connectivity index (χ0n) is 7.89. The van der Waals surface area contributed by atoms with E-state index in [0.717, 1.165) is 5.69 Å². The smallest absolute Gasteiger partial charge is 0.284 e. The maximum atomic E-state index is 5.20. The normalized spacial score (nSPS) is 13.0. The summed E-state index contributed by atoms with van der Waals surface area (Å²) in [5.74, 6) is 0.540. The fourth-order valence-corrected chi connectivity index (χ4v) is 1.31. The Bertz CT molecular complexity index is 483. The van der Waals surface area contributed by atoms with Gasteiger partial charge in [-0.05, 0) is 32.1 Å². The summed E-state index contributed by atoms with van der Waals surface area (Å²) in [5, 5.41) is 10.8. The van der Waals surface area contributed by atoms with E-state index in [2.05, 4.69) is 15.3 Å². The molecule has 0 bridgehead atoms. The SMILES string of the molecule is Cc1ccn([C@H](C)c2n[nH]c(=S)o2)n1. The number of hydrogen-bond acceptors (Lipinski definition) is 4. The molecule has 0 aliphatic carbocycles. The van der Waals surface area contributed by atoms with E-state index in [1.165, 1.54) is 0 Å². The molecule has 0 saturated heterocycles. The van der Waals surface area contributed by atoms with Gasteiger partial charge in [0.2, 0.25) is 5.89 Å². The molecule has 6 heteroatoms. The van der Waals surface area contributed by atoms with Crippen molar-refractivity contribution in [2.75, 3.05) is 0 Å². The van der Waals surface area contributed by atoms with Crippen molar-refractivity contribution in [2.45, 2.75) is 19.9 Å². The van der Waals surface area contributed by atoms with Gasteiger partial charge in [-0.3, -0.25) is 4.68 Å². The van der Waals surface area contributed by atoms with Crippen molar-refractivity contribution in [3.8, 4) is 0 Å². The van der Waals surface area contributed by atoms with E-state index in [9.17, 15) is 0 Å². The van der Waals surface area contributed by atoms with Crippen LogP contribution in [0.25, 0.3) is 0 Å². The van der Waals surface area contributed by atoms with Crippen molar-refractivity contribution in [3.63, 3.8) is 0 Å². The Hall–Kier alpha value is -1.43. The molecule has 0 fully saturated rings. The zero-order valence-corrected chi connectivity index (χ0v) is 8.71. The van der Waals surface area contributed by atoms with Gasteiger partial charge in [0.15, 0.2) is 0 Å². The zero-order chi connectivity index (χ0) is 10.1. The van der Waals surface area contributed by atoms with Crippen LogP contribution in [0, 0.1) is 11.8 Å². The van der Waals surface area contributed by atoms with Gasteiger partial charge in [0.05, 0.1) is 5.69 Å². The van der Waals surface area contributed by atoms with Crippen molar-refractivity contribution in [1.82, 2.24) is 20.0 Å². The Labute approximate surface area is 85.8 Å². The Morgan fingerprint density at radius 1 is 1.64 bits per heavy atom. The molecule has 2 aromatic heterocycles. The third-order valence-electron chi connectivity index (χ3n) is 1.95. The molecule has 2 rings (SSSR count). The molecule has 0 aromatic carbocycles. The fraction of sp³-hybridized carbons (Fsp3) is 0.375. The Morgan fingerprint density at radius 2 is 2.43 bits per heavy atom.